The van der Waals surface area contributed by atoms with Gasteiger partial charge in [-0.15, -0.1) is 0 Å². The molecule has 0 radical (unpaired) electrons. The van der Waals surface area contributed by atoms with E-state index < -0.39 is 23.8 Å². The van der Waals surface area contributed by atoms with Gasteiger partial charge in [0, 0.05) is 12.6 Å². The number of nitrogens with zero attached hydrogens (tertiary/aromatic N) is 1. The first-order valence-corrected chi connectivity index (χ1v) is 13.0. The topological polar surface area (TPSA) is 87.7 Å². The van der Waals surface area contributed by atoms with E-state index in [4.69, 9.17) is 4.74 Å². The molecule has 0 aliphatic heterocycles. The molecular weight excluding hydrogens is 442 g/mol. The molecule has 2 unspecified atom stereocenters. The normalized spacial score (nSPS) is 16.4. The number of nitrogens with one attached hydrogen (secondary N) is 2. The van der Waals surface area contributed by atoms with Crippen LogP contribution in [0.3, 0.4) is 0 Å². The molecule has 0 saturated heterocycles. The van der Waals surface area contributed by atoms with Gasteiger partial charge in [0.25, 0.3) is 0 Å². The van der Waals surface area contributed by atoms with Gasteiger partial charge in [0.15, 0.2) is 0 Å². The number of amides is 3. The number of likely N-dealkylation sites (N-methyl/N-ethyl adjacent to an activating group) is 1. The van der Waals surface area contributed by atoms with E-state index in [2.05, 4.69) is 10.6 Å². The average Bonchev–Trinajstić information content (AvgIpc) is 2.76. The first-order valence-electron chi connectivity index (χ1n) is 13.0. The second kappa shape index (κ2) is 12.4. The van der Waals surface area contributed by atoms with Gasteiger partial charge in [0.2, 0.25) is 11.8 Å². The minimum atomic E-state index is -0.820. The Labute approximate surface area is 211 Å². The Bertz CT molecular complexity index is 885. The third-order valence-electron chi connectivity index (χ3n) is 6.47. The molecule has 0 bridgehead atoms. The lowest BCUT2D eigenvalue weighted by Gasteiger charge is -2.36. The van der Waals surface area contributed by atoms with E-state index in [-0.39, 0.29) is 23.8 Å². The molecule has 0 heterocycles. The highest BCUT2D eigenvalue weighted by Crippen LogP contribution is 2.28. The smallest absolute Gasteiger partial charge is 0.408 e. The number of alkyl carbamates (subject to hydrolysis) is 1. The zero-order valence-corrected chi connectivity index (χ0v) is 22.9. The number of aryl methyl sites for hydroxylation is 2. The second-order valence-corrected chi connectivity index (χ2v) is 11.1. The Morgan fingerprint density at radius 2 is 1.71 bits per heavy atom. The summed E-state index contributed by atoms with van der Waals surface area (Å²) >= 11 is 0. The summed E-state index contributed by atoms with van der Waals surface area (Å²) in [6.45, 7) is 15.2. The number of carbonyl (C=O) groups is 3. The maximum atomic E-state index is 13.9. The van der Waals surface area contributed by atoms with E-state index in [0.29, 0.717) is 6.54 Å². The van der Waals surface area contributed by atoms with Crippen molar-refractivity contribution in [3.05, 3.63) is 34.9 Å². The maximum absolute atomic E-state index is 13.9. The van der Waals surface area contributed by atoms with Crippen LogP contribution in [0, 0.1) is 19.8 Å². The van der Waals surface area contributed by atoms with Crippen LogP contribution in [0.1, 0.15) is 96.4 Å². The van der Waals surface area contributed by atoms with E-state index >= 15 is 0 Å². The predicted molar refractivity (Wildman–Crippen MR) is 139 cm³/mol. The van der Waals surface area contributed by atoms with Crippen LogP contribution in [-0.4, -0.2) is 47.0 Å². The summed E-state index contributed by atoms with van der Waals surface area (Å²) in [7, 11) is 0. The molecule has 2 rings (SSSR count). The van der Waals surface area contributed by atoms with E-state index in [1.54, 1.807) is 25.7 Å². The van der Waals surface area contributed by atoms with Gasteiger partial charge in [0.1, 0.15) is 17.7 Å². The molecule has 3 amide bonds. The van der Waals surface area contributed by atoms with Crippen molar-refractivity contribution in [2.24, 2.45) is 5.92 Å². The molecule has 1 aromatic rings. The van der Waals surface area contributed by atoms with Crippen LogP contribution in [-0.2, 0) is 14.3 Å². The van der Waals surface area contributed by atoms with E-state index in [0.717, 1.165) is 42.4 Å². The Morgan fingerprint density at radius 3 is 2.26 bits per heavy atom. The van der Waals surface area contributed by atoms with Crippen molar-refractivity contribution in [3.63, 3.8) is 0 Å². The summed E-state index contributed by atoms with van der Waals surface area (Å²) in [6, 6.07) is 4.51. The SMILES string of the molecule is CCN(C(=O)C(NC(=O)OC(C)(C)C)C(C)C)C(C(=O)NC1CCCCC1)c1cc(C)ccc1C. The predicted octanol–water partition coefficient (Wildman–Crippen LogP) is 5.19. The van der Waals surface area contributed by atoms with Gasteiger partial charge >= 0.3 is 6.09 Å². The Morgan fingerprint density at radius 1 is 1.09 bits per heavy atom. The molecule has 1 aliphatic rings. The van der Waals surface area contributed by atoms with Crippen LogP contribution in [0.4, 0.5) is 4.79 Å². The Balaban J connectivity index is 2.41. The average molecular weight is 488 g/mol. The molecule has 0 spiro atoms. The minimum Gasteiger partial charge on any atom is -0.444 e. The van der Waals surface area contributed by atoms with Crippen molar-refractivity contribution in [1.82, 2.24) is 15.5 Å². The first-order chi connectivity index (χ1) is 16.3. The molecule has 7 heteroatoms. The van der Waals surface area contributed by atoms with Gasteiger partial charge in [-0.05, 0) is 71.4 Å². The molecule has 1 saturated carbocycles. The number of ether oxygens (including phenoxy) is 1. The van der Waals surface area contributed by atoms with Crippen LogP contribution in [0.25, 0.3) is 0 Å². The molecule has 196 valence electrons. The summed E-state index contributed by atoms with van der Waals surface area (Å²) in [4.78, 5) is 41.8. The van der Waals surface area contributed by atoms with Crippen molar-refractivity contribution in [2.45, 2.75) is 111 Å². The van der Waals surface area contributed by atoms with Crippen LogP contribution in [0.5, 0.6) is 0 Å². The van der Waals surface area contributed by atoms with Crippen molar-refractivity contribution in [1.29, 1.82) is 0 Å². The fraction of sp³-hybridized carbons (Fsp3) is 0.679. The summed E-state index contributed by atoms with van der Waals surface area (Å²) in [5.41, 5.74) is 2.11. The largest absolute Gasteiger partial charge is 0.444 e. The lowest BCUT2D eigenvalue weighted by Crippen LogP contribution is -2.55. The van der Waals surface area contributed by atoms with Crippen LogP contribution >= 0.6 is 0 Å². The summed E-state index contributed by atoms with van der Waals surface area (Å²) in [5.74, 6) is -0.650. The quantitative estimate of drug-likeness (QED) is 0.528. The first kappa shape index (κ1) is 28.7. The summed E-state index contributed by atoms with van der Waals surface area (Å²) < 4.78 is 5.41. The fourth-order valence-electron chi connectivity index (χ4n) is 4.62. The number of carbonyl (C=O) groups excluding carboxylic acids is 3. The molecular formula is C28H45N3O4. The van der Waals surface area contributed by atoms with Gasteiger partial charge < -0.3 is 20.3 Å². The highest BCUT2D eigenvalue weighted by molar-refractivity contribution is 5.92. The number of hydrogen-bond donors (Lipinski definition) is 2. The van der Waals surface area contributed by atoms with Crippen molar-refractivity contribution < 1.29 is 19.1 Å². The maximum Gasteiger partial charge on any atom is 0.408 e. The molecule has 1 aliphatic carbocycles. The molecule has 7 nitrogen and oxygen atoms in total. The Kier molecular flexibility index (Phi) is 10.2. The standard InChI is InChI=1S/C28H45N3O4/c1-9-31(26(33)23(18(2)3)30-27(34)35-28(6,7)8)24(22-17-19(4)15-16-20(22)5)25(32)29-21-13-11-10-12-14-21/h15-18,21,23-24H,9-14H2,1-8H3,(H,29,32)(H,30,34). The van der Waals surface area contributed by atoms with Crippen LogP contribution in [0.15, 0.2) is 18.2 Å². The zero-order chi connectivity index (χ0) is 26.3. The van der Waals surface area contributed by atoms with E-state index in [1.165, 1.54) is 6.42 Å². The lowest BCUT2D eigenvalue weighted by atomic mass is 9.92. The minimum absolute atomic E-state index is 0.124. The third-order valence-corrected chi connectivity index (χ3v) is 6.47. The fourth-order valence-corrected chi connectivity index (χ4v) is 4.62. The molecule has 0 aromatic heterocycles. The van der Waals surface area contributed by atoms with Crippen molar-refractivity contribution in [2.75, 3.05) is 6.54 Å². The van der Waals surface area contributed by atoms with Crippen LogP contribution < -0.4 is 10.6 Å². The molecule has 1 aromatic carbocycles. The van der Waals surface area contributed by atoms with E-state index in [1.807, 2.05) is 52.8 Å². The van der Waals surface area contributed by atoms with Gasteiger partial charge in [-0.3, -0.25) is 9.59 Å². The molecule has 2 atom stereocenters. The van der Waals surface area contributed by atoms with Crippen LogP contribution in [0.2, 0.25) is 0 Å². The monoisotopic (exact) mass is 487 g/mol. The lowest BCUT2D eigenvalue weighted by molar-refractivity contribution is -0.143. The van der Waals surface area contributed by atoms with Gasteiger partial charge in [0.05, 0.1) is 0 Å². The number of hydrogen-bond acceptors (Lipinski definition) is 4. The number of benzene rings is 1. The molecule has 35 heavy (non-hydrogen) atoms. The van der Waals surface area contributed by atoms with Gasteiger partial charge in [-0.2, -0.15) is 0 Å². The van der Waals surface area contributed by atoms with Gasteiger partial charge in [-0.25, -0.2) is 4.79 Å². The van der Waals surface area contributed by atoms with E-state index in [9.17, 15) is 14.4 Å². The number of rotatable bonds is 8. The molecule has 1 fully saturated rings. The Hall–Kier alpha value is -2.57. The highest BCUT2D eigenvalue weighted by atomic mass is 16.6. The summed E-state index contributed by atoms with van der Waals surface area (Å²) in [5, 5.41) is 5.99. The summed E-state index contributed by atoms with van der Waals surface area (Å²) in [6.07, 6.45) is 4.67. The van der Waals surface area contributed by atoms with Gasteiger partial charge in [-0.1, -0.05) is 56.9 Å². The van der Waals surface area contributed by atoms with Crippen molar-refractivity contribution >= 4 is 17.9 Å². The third kappa shape index (κ3) is 8.25. The second-order valence-electron chi connectivity index (χ2n) is 11.1. The molecule has 2 N–H and O–H groups in total. The zero-order valence-electron chi connectivity index (χ0n) is 22.9. The van der Waals surface area contributed by atoms with Crippen molar-refractivity contribution in [3.8, 4) is 0 Å². The highest BCUT2D eigenvalue weighted by Gasteiger charge is 2.38.